The van der Waals surface area contributed by atoms with Crippen LogP contribution in [-0.4, -0.2) is 42.7 Å². The summed E-state index contributed by atoms with van der Waals surface area (Å²) in [5.74, 6) is 0.572. The summed E-state index contributed by atoms with van der Waals surface area (Å²) in [7, 11) is 1.89. The van der Waals surface area contributed by atoms with Crippen molar-refractivity contribution in [1.82, 2.24) is 10.2 Å². The first-order chi connectivity index (χ1) is 13.0. The van der Waals surface area contributed by atoms with Gasteiger partial charge in [0.1, 0.15) is 24.0 Å². The Balaban J connectivity index is 1.93. The number of nitrogens with one attached hydrogen (secondary N) is 1. The molecule has 0 fully saturated rings. The molecule has 0 radical (unpaired) electrons. The zero-order valence-corrected chi connectivity index (χ0v) is 15.6. The second-order valence-corrected chi connectivity index (χ2v) is 5.98. The molecule has 0 spiro atoms. The number of aliphatic imine (C=N–C) groups is 1. The number of likely N-dealkylation sites (N-methyl/N-ethyl adjacent to an activating group) is 1. The molecule has 2 aromatic carbocycles. The van der Waals surface area contributed by atoms with Crippen molar-refractivity contribution in [1.29, 1.82) is 0 Å². The number of ether oxygens (including phenoxy) is 1. The Hall–Kier alpha value is -2.67. The van der Waals surface area contributed by atoms with Gasteiger partial charge in [-0.2, -0.15) is 0 Å². The normalized spacial score (nSPS) is 11.4. The molecule has 27 heavy (non-hydrogen) atoms. The van der Waals surface area contributed by atoms with Gasteiger partial charge in [0.05, 0.1) is 19.7 Å². The lowest BCUT2D eigenvalue weighted by molar-refractivity contribution is 0.275. The maximum Gasteiger partial charge on any atom is 0.194 e. The molecule has 0 aliphatic heterocycles. The molecular formula is C20H25F2N3O2. The summed E-state index contributed by atoms with van der Waals surface area (Å²) in [5.41, 5.74) is 1.07. The minimum Gasteiger partial charge on any atom is -0.492 e. The summed E-state index contributed by atoms with van der Waals surface area (Å²) in [6, 6.07) is 10.5. The van der Waals surface area contributed by atoms with Crippen LogP contribution in [-0.2, 0) is 13.2 Å². The molecule has 7 heteroatoms. The van der Waals surface area contributed by atoms with Gasteiger partial charge >= 0.3 is 0 Å². The van der Waals surface area contributed by atoms with E-state index >= 15 is 0 Å². The summed E-state index contributed by atoms with van der Waals surface area (Å²) < 4.78 is 32.0. The third-order valence-corrected chi connectivity index (χ3v) is 3.90. The van der Waals surface area contributed by atoms with Gasteiger partial charge in [-0.3, -0.25) is 0 Å². The van der Waals surface area contributed by atoms with Gasteiger partial charge in [-0.25, -0.2) is 13.8 Å². The molecule has 0 aliphatic carbocycles. The monoisotopic (exact) mass is 377 g/mol. The number of aliphatic hydroxyl groups excluding tert-OH is 1. The lowest BCUT2D eigenvalue weighted by atomic mass is 10.1. The molecule has 0 saturated carbocycles. The summed E-state index contributed by atoms with van der Waals surface area (Å²) in [4.78, 5) is 6.47. The zero-order chi connectivity index (χ0) is 19.6. The molecule has 0 bridgehead atoms. The van der Waals surface area contributed by atoms with Gasteiger partial charge in [0, 0.05) is 19.2 Å². The first-order valence-electron chi connectivity index (χ1n) is 8.79. The van der Waals surface area contributed by atoms with Crippen molar-refractivity contribution in [3.63, 3.8) is 0 Å². The Bertz CT molecular complexity index is 751. The molecule has 0 heterocycles. The number of aliphatic hydroxyl groups is 1. The van der Waals surface area contributed by atoms with E-state index in [2.05, 4.69) is 10.3 Å². The first-order valence-corrected chi connectivity index (χ1v) is 8.79. The van der Waals surface area contributed by atoms with Gasteiger partial charge in [-0.05, 0) is 48.9 Å². The molecule has 0 aliphatic rings. The second kappa shape index (κ2) is 10.5. The number of rotatable bonds is 8. The van der Waals surface area contributed by atoms with E-state index in [4.69, 9.17) is 9.84 Å². The molecule has 0 aromatic heterocycles. The van der Waals surface area contributed by atoms with Crippen LogP contribution >= 0.6 is 0 Å². The molecule has 2 rings (SSSR count). The molecule has 0 unspecified atom stereocenters. The Morgan fingerprint density at radius 1 is 1.19 bits per heavy atom. The number of halogens is 2. The van der Waals surface area contributed by atoms with Crippen molar-refractivity contribution in [2.24, 2.45) is 4.99 Å². The van der Waals surface area contributed by atoms with Crippen LogP contribution in [0.1, 0.15) is 18.1 Å². The van der Waals surface area contributed by atoms with E-state index in [1.54, 1.807) is 24.3 Å². The van der Waals surface area contributed by atoms with Crippen LogP contribution in [0.5, 0.6) is 5.75 Å². The Labute approximate surface area is 158 Å². The van der Waals surface area contributed by atoms with Crippen LogP contribution in [0.25, 0.3) is 0 Å². The highest BCUT2D eigenvalue weighted by Gasteiger charge is 2.07. The smallest absolute Gasteiger partial charge is 0.194 e. The topological polar surface area (TPSA) is 57.1 Å². The predicted molar refractivity (Wildman–Crippen MR) is 102 cm³/mol. The van der Waals surface area contributed by atoms with Gasteiger partial charge in [0.25, 0.3) is 0 Å². The Morgan fingerprint density at radius 2 is 1.93 bits per heavy atom. The lowest BCUT2D eigenvalue weighted by Gasteiger charge is -2.22. The predicted octanol–water partition coefficient (Wildman–Crippen LogP) is 2.93. The number of hydrogen-bond acceptors (Lipinski definition) is 3. The highest BCUT2D eigenvalue weighted by Crippen LogP contribution is 2.12. The van der Waals surface area contributed by atoms with Crippen LogP contribution in [0.4, 0.5) is 8.78 Å². The minimum absolute atomic E-state index is 0.258. The van der Waals surface area contributed by atoms with E-state index in [0.29, 0.717) is 38.0 Å². The fourth-order valence-corrected chi connectivity index (χ4v) is 2.42. The summed E-state index contributed by atoms with van der Waals surface area (Å²) >= 11 is 0. The molecule has 0 saturated heterocycles. The first kappa shape index (κ1) is 20.6. The fraction of sp³-hybridized carbons (Fsp3) is 0.350. The molecule has 5 nitrogen and oxygen atoms in total. The van der Waals surface area contributed by atoms with Crippen molar-refractivity contribution >= 4 is 5.96 Å². The van der Waals surface area contributed by atoms with E-state index in [0.717, 1.165) is 5.56 Å². The molecular weight excluding hydrogens is 352 g/mol. The van der Waals surface area contributed by atoms with Crippen LogP contribution in [0, 0.1) is 11.6 Å². The average molecular weight is 377 g/mol. The van der Waals surface area contributed by atoms with E-state index in [1.807, 2.05) is 18.9 Å². The van der Waals surface area contributed by atoms with Gasteiger partial charge in [0.15, 0.2) is 5.96 Å². The maximum absolute atomic E-state index is 13.5. The Morgan fingerprint density at radius 3 is 2.59 bits per heavy atom. The van der Waals surface area contributed by atoms with Crippen LogP contribution in [0.2, 0.25) is 0 Å². The third kappa shape index (κ3) is 6.53. The number of hydrogen-bond donors (Lipinski definition) is 2. The van der Waals surface area contributed by atoms with Crippen molar-refractivity contribution in [3.8, 4) is 5.75 Å². The highest BCUT2D eigenvalue weighted by atomic mass is 19.1. The molecule has 146 valence electrons. The van der Waals surface area contributed by atoms with E-state index in [9.17, 15) is 8.78 Å². The molecule has 2 N–H and O–H groups in total. The van der Waals surface area contributed by atoms with Crippen molar-refractivity contribution < 1.29 is 18.6 Å². The molecule has 0 amide bonds. The van der Waals surface area contributed by atoms with Gasteiger partial charge < -0.3 is 20.1 Å². The molecule has 2 aromatic rings. The number of nitrogens with zero attached hydrogens (tertiary/aromatic N) is 2. The van der Waals surface area contributed by atoms with E-state index in [1.165, 1.54) is 18.2 Å². The van der Waals surface area contributed by atoms with Crippen molar-refractivity contribution in [2.45, 2.75) is 20.1 Å². The maximum atomic E-state index is 13.5. The van der Waals surface area contributed by atoms with Crippen LogP contribution < -0.4 is 10.1 Å². The van der Waals surface area contributed by atoms with Gasteiger partial charge in [-0.15, -0.1) is 0 Å². The number of guanidine groups is 1. The van der Waals surface area contributed by atoms with Gasteiger partial charge in [-0.1, -0.05) is 6.07 Å². The summed E-state index contributed by atoms with van der Waals surface area (Å²) in [5, 5.41) is 12.4. The second-order valence-electron chi connectivity index (χ2n) is 5.98. The van der Waals surface area contributed by atoms with Gasteiger partial charge in [0.2, 0.25) is 0 Å². The third-order valence-electron chi connectivity index (χ3n) is 3.90. The summed E-state index contributed by atoms with van der Waals surface area (Å²) in [6.07, 6.45) is 0. The fourth-order valence-electron chi connectivity index (χ4n) is 2.42. The highest BCUT2D eigenvalue weighted by molar-refractivity contribution is 5.79. The van der Waals surface area contributed by atoms with E-state index in [-0.39, 0.29) is 18.0 Å². The minimum atomic E-state index is -0.424. The average Bonchev–Trinajstić information content (AvgIpc) is 2.67. The summed E-state index contributed by atoms with van der Waals surface area (Å²) in [6.45, 7) is 3.68. The quantitative estimate of drug-likeness (QED) is 0.549. The van der Waals surface area contributed by atoms with Crippen LogP contribution in [0.3, 0.4) is 0 Å². The standard InChI is InChI=1S/C20H25F2N3O2/c1-3-23-20(24-13-15-4-9-19(22)16(12-15)14-26)25(2)10-11-27-18-7-5-17(21)6-8-18/h4-9,12,26H,3,10-11,13-14H2,1-2H3,(H,23,24). The van der Waals surface area contributed by atoms with Crippen molar-refractivity contribution in [2.75, 3.05) is 26.7 Å². The van der Waals surface area contributed by atoms with E-state index < -0.39 is 5.82 Å². The zero-order valence-electron chi connectivity index (χ0n) is 15.6. The molecule has 0 atom stereocenters. The Kier molecular flexibility index (Phi) is 8.00. The lowest BCUT2D eigenvalue weighted by Crippen LogP contribution is -2.40. The largest absolute Gasteiger partial charge is 0.492 e. The van der Waals surface area contributed by atoms with Crippen molar-refractivity contribution in [3.05, 3.63) is 65.2 Å². The SMILES string of the molecule is CCNC(=NCc1ccc(F)c(CO)c1)N(C)CCOc1ccc(F)cc1. The number of benzene rings is 2. The van der Waals surface area contributed by atoms with Crippen LogP contribution in [0.15, 0.2) is 47.5 Å².